The van der Waals surface area contributed by atoms with Crippen LogP contribution in [0.1, 0.15) is 43.9 Å². The molecule has 25 heavy (non-hydrogen) atoms. The second kappa shape index (κ2) is 7.00. The van der Waals surface area contributed by atoms with E-state index in [1.54, 1.807) is 11.3 Å². The second-order valence-corrected chi connectivity index (χ2v) is 7.44. The number of thiazole rings is 1. The number of hydrogen-bond donors (Lipinski definition) is 0. The standard InChI is InChI=1S/C20H23N3OS/c1-3-4-6-11-16-12-17-14(2)22-23(19(17)24-16)20-21-18(13-25-20)15-9-7-5-8-10-15/h5,7-10,13,16H,3-4,6,11-12H2,1-2H3/t16-/m0/s1. The van der Waals surface area contributed by atoms with E-state index in [1.807, 2.05) is 22.9 Å². The molecule has 3 aromatic rings. The SMILES string of the molecule is CCCCC[C@H]1Cc2c(C)nn(-c3nc(-c4ccccc4)cs3)c2O1. The molecular formula is C20H23N3OS. The zero-order valence-corrected chi connectivity index (χ0v) is 15.6. The first-order valence-electron chi connectivity index (χ1n) is 9.02. The maximum Gasteiger partial charge on any atom is 0.222 e. The van der Waals surface area contributed by atoms with Gasteiger partial charge in [0.25, 0.3) is 0 Å². The lowest BCUT2D eigenvalue weighted by Gasteiger charge is -2.11. The van der Waals surface area contributed by atoms with Gasteiger partial charge >= 0.3 is 0 Å². The van der Waals surface area contributed by atoms with Gasteiger partial charge in [-0.15, -0.1) is 11.3 Å². The van der Waals surface area contributed by atoms with Gasteiger partial charge in [0.15, 0.2) is 0 Å². The topological polar surface area (TPSA) is 39.9 Å². The van der Waals surface area contributed by atoms with Gasteiger partial charge in [0.2, 0.25) is 11.0 Å². The molecule has 0 unspecified atom stereocenters. The Balaban J connectivity index is 1.58. The average Bonchev–Trinajstić information content (AvgIpc) is 3.33. The molecule has 1 aliphatic rings. The normalized spacial score (nSPS) is 16.0. The molecule has 0 bridgehead atoms. The van der Waals surface area contributed by atoms with Crippen molar-refractivity contribution in [2.75, 3.05) is 0 Å². The lowest BCUT2D eigenvalue weighted by molar-refractivity contribution is 0.203. The molecule has 1 aliphatic heterocycles. The molecule has 5 heteroatoms. The Kier molecular flexibility index (Phi) is 4.57. The number of aryl methyl sites for hydroxylation is 1. The van der Waals surface area contributed by atoms with Crippen molar-refractivity contribution in [3.05, 3.63) is 47.0 Å². The molecule has 0 radical (unpaired) electrons. The number of fused-ring (bicyclic) bond motifs is 1. The molecule has 0 N–H and O–H groups in total. The third kappa shape index (κ3) is 3.21. The Morgan fingerprint density at radius 1 is 1.24 bits per heavy atom. The maximum absolute atomic E-state index is 6.24. The molecule has 4 rings (SSSR count). The lowest BCUT2D eigenvalue weighted by atomic mass is 10.1. The smallest absolute Gasteiger partial charge is 0.222 e. The molecule has 0 saturated heterocycles. The monoisotopic (exact) mass is 353 g/mol. The van der Waals surface area contributed by atoms with Crippen LogP contribution in [0.25, 0.3) is 16.4 Å². The first-order chi connectivity index (χ1) is 12.3. The average molecular weight is 353 g/mol. The minimum atomic E-state index is 0.290. The number of rotatable bonds is 6. The highest BCUT2D eigenvalue weighted by molar-refractivity contribution is 7.12. The first-order valence-corrected chi connectivity index (χ1v) is 9.90. The van der Waals surface area contributed by atoms with Crippen LogP contribution < -0.4 is 4.74 Å². The number of ether oxygens (including phenoxy) is 1. The summed E-state index contributed by atoms with van der Waals surface area (Å²) in [5.74, 6) is 0.896. The van der Waals surface area contributed by atoms with E-state index in [1.165, 1.54) is 24.8 Å². The minimum absolute atomic E-state index is 0.290. The first kappa shape index (κ1) is 16.3. The van der Waals surface area contributed by atoms with E-state index < -0.39 is 0 Å². The number of aromatic nitrogens is 3. The zero-order valence-electron chi connectivity index (χ0n) is 14.7. The summed E-state index contributed by atoms with van der Waals surface area (Å²) in [5, 5.41) is 7.64. The molecule has 0 saturated carbocycles. The summed E-state index contributed by atoms with van der Waals surface area (Å²) in [6, 6.07) is 10.3. The van der Waals surface area contributed by atoms with Gasteiger partial charge < -0.3 is 4.74 Å². The molecular weight excluding hydrogens is 330 g/mol. The highest BCUT2D eigenvalue weighted by Gasteiger charge is 2.30. The molecule has 0 amide bonds. The highest BCUT2D eigenvalue weighted by atomic mass is 32.1. The van der Waals surface area contributed by atoms with Crippen LogP contribution in [-0.2, 0) is 6.42 Å². The van der Waals surface area contributed by atoms with Gasteiger partial charge in [-0.05, 0) is 19.8 Å². The van der Waals surface area contributed by atoms with Crippen LogP contribution in [0.3, 0.4) is 0 Å². The predicted molar refractivity (Wildman–Crippen MR) is 102 cm³/mol. The fourth-order valence-corrected chi connectivity index (χ4v) is 4.12. The molecule has 1 atom stereocenters. The quantitative estimate of drug-likeness (QED) is 0.573. The van der Waals surface area contributed by atoms with Crippen molar-refractivity contribution >= 4 is 11.3 Å². The van der Waals surface area contributed by atoms with Crippen LogP contribution in [0.15, 0.2) is 35.7 Å². The van der Waals surface area contributed by atoms with Crippen LogP contribution in [0.5, 0.6) is 5.88 Å². The van der Waals surface area contributed by atoms with Gasteiger partial charge in [0, 0.05) is 22.9 Å². The van der Waals surface area contributed by atoms with E-state index >= 15 is 0 Å². The third-order valence-electron chi connectivity index (χ3n) is 4.72. The van der Waals surface area contributed by atoms with Crippen molar-refractivity contribution in [3.63, 3.8) is 0 Å². The van der Waals surface area contributed by atoms with Crippen LogP contribution in [-0.4, -0.2) is 20.9 Å². The Hall–Kier alpha value is -2.14. The fraction of sp³-hybridized carbons (Fsp3) is 0.400. The third-order valence-corrected chi connectivity index (χ3v) is 5.54. The lowest BCUT2D eigenvalue weighted by Crippen LogP contribution is -2.15. The number of unbranched alkanes of at least 4 members (excludes halogenated alkanes) is 2. The predicted octanol–water partition coefficient (Wildman–Crippen LogP) is 5.19. The van der Waals surface area contributed by atoms with Crippen LogP contribution >= 0.6 is 11.3 Å². The zero-order chi connectivity index (χ0) is 17.2. The Morgan fingerprint density at radius 3 is 2.88 bits per heavy atom. The van der Waals surface area contributed by atoms with E-state index in [2.05, 4.69) is 36.5 Å². The molecule has 0 fully saturated rings. The minimum Gasteiger partial charge on any atom is -0.474 e. The Morgan fingerprint density at radius 2 is 2.08 bits per heavy atom. The summed E-state index contributed by atoms with van der Waals surface area (Å²) < 4.78 is 8.13. The van der Waals surface area contributed by atoms with Crippen molar-refractivity contribution < 1.29 is 4.74 Å². The van der Waals surface area contributed by atoms with Gasteiger partial charge in [0.1, 0.15) is 6.10 Å². The summed E-state index contributed by atoms with van der Waals surface area (Å²) in [5.41, 5.74) is 4.42. The van der Waals surface area contributed by atoms with E-state index in [4.69, 9.17) is 9.72 Å². The summed E-state index contributed by atoms with van der Waals surface area (Å²) >= 11 is 1.61. The number of nitrogens with zero attached hydrogens (tertiary/aromatic N) is 3. The Bertz CT molecular complexity index is 853. The molecule has 3 heterocycles. The van der Waals surface area contributed by atoms with Gasteiger partial charge in [-0.2, -0.15) is 9.78 Å². The summed E-state index contributed by atoms with van der Waals surface area (Å²) in [6.07, 6.45) is 6.13. The van der Waals surface area contributed by atoms with Crippen molar-refractivity contribution in [1.82, 2.24) is 14.8 Å². The van der Waals surface area contributed by atoms with Crippen LogP contribution in [0, 0.1) is 6.92 Å². The number of benzene rings is 1. The summed E-state index contributed by atoms with van der Waals surface area (Å²) in [6.45, 7) is 4.30. The van der Waals surface area contributed by atoms with E-state index in [0.29, 0.717) is 0 Å². The fourth-order valence-electron chi connectivity index (χ4n) is 3.34. The molecule has 0 spiro atoms. The second-order valence-electron chi connectivity index (χ2n) is 6.60. The van der Waals surface area contributed by atoms with Gasteiger partial charge in [0.05, 0.1) is 11.4 Å². The largest absolute Gasteiger partial charge is 0.474 e. The van der Waals surface area contributed by atoms with Crippen molar-refractivity contribution in [2.24, 2.45) is 0 Å². The van der Waals surface area contributed by atoms with Crippen LogP contribution in [0.4, 0.5) is 0 Å². The van der Waals surface area contributed by atoms with E-state index in [-0.39, 0.29) is 6.10 Å². The van der Waals surface area contributed by atoms with Gasteiger partial charge in [-0.1, -0.05) is 50.1 Å². The van der Waals surface area contributed by atoms with Gasteiger partial charge in [-0.25, -0.2) is 4.98 Å². The van der Waals surface area contributed by atoms with E-state index in [9.17, 15) is 0 Å². The highest BCUT2D eigenvalue weighted by Crippen LogP contribution is 2.36. The van der Waals surface area contributed by atoms with Crippen molar-refractivity contribution in [2.45, 2.75) is 52.1 Å². The molecule has 4 nitrogen and oxygen atoms in total. The number of hydrogen-bond acceptors (Lipinski definition) is 4. The molecule has 1 aromatic carbocycles. The van der Waals surface area contributed by atoms with Gasteiger partial charge in [-0.3, -0.25) is 0 Å². The maximum atomic E-state index is 6.24. The Labute approximate surface area is 152 Å². The summed E-state index contributed by atoms with van der Waals surface area (Å²) in [7, 11) is 0. The molecule has 2 aromatic heterocycles. The van der Waals surface area contributed by atoms with Crippen molar-refractivity contribution in [1.29, 1.82) is 0 Å². The van der Waals surface area contributed by atoms with Crippen molar-refractivity contribution in [3.8, 4) is 22.3 Å². The van der Waals surface area contributed by atoms with Crippen LogP contribution in [0.2, 0.25) is 0 Å². The molecule has 130 valence electrons. The summed E-state index contributed by atoms with van der Waals surface area (Å²) in [4.78, 5) is 4.78. The van der Waals surface area contributed by atoms with E-state index in [0.717, 1.165) is 40.8 Å². The molecule has 0 aliphatic carbocycles.